The normalized spacial score (nSPS) is 10.4. The number of nitrogens with zero attached hydrogens (tertiary/aromatic N) is 1. The van der Waals surface area contributed by atoms with Gasteiger partial charge in [0, 0.05) is 28.8 Å². The van der Waals surface area contributed by atoms with Gasteiger partial charge >= 0.3 is 0 Å². The Hall–Kier alpha value is -3.25. The Kier molecular flexibility index (Phi) is 4.45. The molecule has 3 rings (SSSR count). The van der Waals surface area contributed by atoms with Crippen LogP contribution in [0.3, 0.4) is 0 Å². The zero-order valence-electron chi connectivity index (χ0n) is 12.6. The van der Waals surface area contributed by atoms with Crippen LogP contribution in [0.15, 0.2) is 59.0 Å². The third-order valence-electron chi connectivity index (χ3n) is 3.59. The van der Waals surface area contributed by atoms with E-state index < -0.39 is 10.7 Å². The molecule has 0 N–H and O–H groups in total. The van der Waals surface area contributed by atoms with Crippen LogP contribution in [0.4, 0.5) is 5.69 Å². The van der Waals surface area contributed by atoms with Crippen molar-refractivity contribution in [2.45, 2.75) is 0 Å². The molecule has 0 aliphatic rings. The van der Waals surface area contributed by atoms with E-state index in [1.807, 2.05) is 0 Å². The van der Waals surface area contributed by atoms with E-state index in [-0.39, 0.29) is 33.4 Å². The number of rotatable bonds is 5. The van der Waals surface area contributed by atoms with Gasteiger partial charge in [-0.1, -0.05) is 23.7 Å². The van der Waals surface area contributed by atoms with Gasteiger partial charge in [-0.05, 0) is 30.3 Å². The molecule has 0 aliphatic heterocycles. The van der Waals surface area contributed by atoms with Crippen LogP contribution in [-0.4, -0.2) is 17.0 Å². The third-order valence-corrected chi connectivity index (χ3v) is 3.92. The molecule has 0 saturated heterocycles. The molecule has 25 heavy (non-hydrogen) atoms. The number of nitro benzene ring substituents is 1. The summed E-state index contributed by atoms with van der Waals surface area (Å²) in [6.07, 6.45) is 0.532. The molecule has 7 heteroatoms. The predicted octanol–water partition coefficient (Wildman–Crippen LogP) is 4.55. The highest BCUT2D eigenvalue weighted by Crippen LogP contribution is 2.31. The van der Waals surface area contributed by atoms with E-state index >= 15 is 0 Å². The second-order valence-electron chi connectivity index (χ2n) is 5.12. The summed E-state index contributed by atoms with van der Waals surface area (Å²) in [6.45, 7) is 0. The molecule has 0 unspecified atom stereocenters. The number of non-ortho nitro benzene ring substituents is 1. The minimum atomic E-state index is -0.591. The van der Waals surface area contributed by atoms with Crippen LogP contribution >= 0.6 is 11.6 Å². The van der Waals surface area contributed by atoms with Crippen molar-refractivity contribution in [1.29, 1.82) is 0 Å². The van der Waals surface area contributed by atoms with Gasteiger partial charge in [-0.3, -0.25) is 19.7 Å². The number of ketones is 1. The molecule has 0 amide bonds. The summed E-state index contributed by atoms with van der Waals surface area (Å²) in [5.74, 6) is -0.134. The van der Waals surface area contributed by atoms with Crippen molar-refractivity contribution in [3.63, 3.8) is 0 Å². The number of hydrogen-bond acceptors (Lipinski definition) is 5. The standard InChI is InChI=1S/C18H10ClNO5/c19-16-4-2-1-3-14(16)18(22)15-9-11(20(23)24)5-7-13(15)17-8-6-12(10-21)25-17/h1-10H. The van der Waals surface area contributed by atoms with Crippen molar-refractivity contribution in [3.8, 4) is 11.3 Å². The van der Waals surface area contributed by atoms with E-state index in [2.05, 4.69) is 0 Å². The van der Waals surface area contributed by atoms with E-state index in [1.165, 1.54) is 36.4 Å². The maximum Gasteiger partial charge on any atom is 0.270 e. The Balaban J connectivity index is 2.19. The van der Waals surface area contributed by atoms with Crippen LogP contribution in [-0.2, 0) is 0 Å². The molecular formula is C18H10ClNO5. The van der Waals surface area contributed by atoms with Crippen LogP contribution in [0.5, 0.6) is 0 Å². The zero-order chi connectivity index (χ0) is 18.0. The molecule has 0 aliphatic carbocycles. The van der Waals surface area contributed by atoms with E-state index in [4.69, 9.17) is 16.0 Å². The Labute approximate surface area is 146 Å². The topological polar surface area (TPSA) is 90.4 Å². The van der Waals surface area contributed by atoms with E-state index in [0.717, 1.165) is 0 Å². The van der Waals surface area contributed by atoms with Crippen LogP contribution in [0.2, 0.25) is 5.02 Å². The molecule has 0 radical (unpaired) electrons. The fourth-order valence-electron chi connectivity index (χ4n) is 2.40. The lowest BCUT2D eigenvalue weighted by Gasteiger charge is -2.08. The Morgan fingerprint density at radius 3 is 2.48 bits per heavy atom. The first kappa shape index (κ1) is 16.6. The monoisotopic (exact) mass is 355 g/mol. The van der Waals surface area contributed by atoms with Crippen molar-refractivity contribution in [3.05, 3.63) is 86.6 Å². The summed E-state index contributed by atoms with van der Waals surface area (Å²) in [4.78, 5) is 34.2. The van der Waals surface area contributed by atoms with Crippen LogP contribution in [0.25, 0.3) is 11.3 Å². The molecule has 0 fully saturated rings. The van der Waals surface area contributed by atoms with Crippen molar-refractivity contribution >= 4 is 29.4 Å². The molecule has 0 saturated carbocycles. The highest BCUT2D eigenvalue weighted by atomic mass is 35.5. The molecule has 1 aromatic heterocycles. The summed E-state index contributed by atoms with van der Waals surface area (Å²) in [6, 6.07) is 13.2. The van der Waals surface area contributed by atoms with Gasteiger partial charge in [-0.25, -0.2) is 0 Å². The number of furan rings is 1. The molecule has 0 bridgehead atoms. The summed E-state index contributed by atoms with van der Waals surface area (Å²) >= 11 is 6.07. The Morgan fingerprint density at radius 2 is 1.84 bits per heavy atom. The summed E-state index contributed by atoms with van der Waals surface area (Å²) < 4.78 is 5.35. The first-order valence-corrected chi connectivity index (χ1v) is 7.52. The van der Waals surface area contributed by atoms with Crippen LogP contribution < -0.4 is 0 Å². The summed E-state index contributed by atoms with van der Waals surface area (Å²) in [5, 5.41) is 11.3. The van der Waals surface area contributed by atoms with Gasteiger partial charge in [0.15, 0.2) is 17.8 Å². The predicted molar refractivity (Wildman–Crippen MR) is 91.1 cm³/mol. The average Bonchev–Trinajstić information content (AvgIpc) is 3.10. The number of carbonyl (C=O) groups excluding carboxylic acids is 2. The van der Waals surface area contributed by atoms with Crippen molar-refractivity contribution in [2.75, 3.05) is 0 Å². The molecule has 3 aromatic rings. The Morgan fingerprint density at radius 1 is 1.08 bits per heavy atom. The highest BCUT2D eigenvalue weighted by Gasteiger charge is 2.22. The lowest BCUT2D eigenvalue weighted by atomic mass is 9.96. The maximum absolute atomic E-state index is 12.9. The Bertz CT molecular complexity index is 993. The summed E-state index contributed by atoms with van der Waals surface area (Å²) in [5.41, 5.74) is 0.382. The fraction of sp³-hybridized carbons (Fsp3) is 0. The number of carbonyl (C=O) groups is 2. The lowest BCUT2D eigenvalue weighted by molar-refractivity contribution is -0.384. The SMILES string of the molecule is O=Cc1ccc(-c2ccc([N+](=O)[O-])cc2C(=O)c2ccccc2Cl)o1. The molecule has 2 aromatic carbocycles. The molecule has 1 heterocycles. The first-order valence-electron chi connectivity index (χ1n) is 7.14. The van der Waals surface area contributed by atoms with Gasteiger partial charge in [0.05, 0.1) is 9.95 Å². The van der Waals surface area contributed by atoms with Crippen molar-refractivity contribution < 1.29 is 18.9 Å². The second kappa shape index (κ2) is 6.70. The van der Waals surface area contributed by atoms with Crippen LogP contribution in [0, 0.1) is 10.1 Å². The molecule has 124 valence electrons. The number of benzene rings is 2. The van der Waals surface area contributed by atoms with Gasteiger partial charge in [-0.2, -0.15) is 0 Å². The van der Waals surface area contributed by atoms with Gasteiger partial charge < -0.3 is 4.42 Å². The minimum absolute atomic E-state index is 0.0640. The van der Waals surface area contributed by atoms with Gasteiger partial charge in [0.25, 0.3) is 5.69 Å². The van der Waals surface area contributed by atoms with E-state index in [1.54, 1.807) is 18.2 Å². The largest absolute Gasteiger partial charge is 0.453 e. The van der Waals surface area contributed by atoms with Crippen molar-refractivity contribution in [1.82, 2.24) is 0 Å². The molecule has 0 spiro atoms. The smallest absolute Gasteiger partial charge is 0.270 e. The quantitative estimate of drug-likeness (QED) is 0.290. The number of nitro groups is 1. The lowest BCUT2D eigenvalue weighted by Crippen LogP contribution is -2.05. The average molecular weight is 356 g/mol. The highest BCUT2D eigenvalue weighted by molar-refractivity contribution is 6.35. The van der Waals surface area contributed by atoms with Crippen molar-refractivity contribution in [2.24, 2.45) is 0 Å². The number of aldehydes is 1. The van der Waals surface area contributed by atoms with Gasteiger partial charge in [-0.15, -0.1) is 0 Å². The van der Waals surface area contributed by atoms with Gasteiger partial charge in [0.1, 0.15) is 5.76 Å². The second-order valence-corrected chi connectivity index (χ2v) is 5.52. The first-order chi connectivity index (χ1) is 12.0. The minimum Gasteiger partial charge on any atom is -0.453 e. The van der Waals surface area contributed by atoms with Gasteiger partial charge in [0.2, 0.25) is 0 Å². The summed E-state index contributed by atoms with van der Waals surface area (Å²) in [7, 11) is 0. The van der Waals surface area contributed by atoms with E-state index in [0.29, 0.717) is 11.8 Å². The number of hydrogen-bond donors (Lipinski definition) is 0. The number of halogens is 1. The molecular weight excluding hydrogens is 346 g/mol. The van der Waals surface area contributed by atoms with E-state index in [9.17, 15) is 19.7 Å². The maximum atomic E-state index is 12.9. The molecule has 0 atom stereocenters. The fourth-order valence-corrected chi connectivity index (χ4v) is 2.62. The molecule has 6 nitrogen and oxygen atoms in total. The third kappa shape index (κ3) is 3.20. The van der Waals surface area contributed by atoms with Crippen LogP contribution in [0.1, 0.15) is 26.5 Å². The zero-order valence-corrected chi connectivity index (χ0v) is 13.4.